The summed E-state index contributed by atoms with van der Waals surface area (Å²) in [6.07, 6.45) is 0.144. The lowest BCUT2D eigenvalue weighted by Crippen LogP contribution is -2.40. The Hall–Kier alpha value is -2.82. The minimum atomic E-state index is -0.418. The maximum absolute atomic E-state index is 12.4. The van der Waals surface area contributed by atoms with Crippen LogP contribution < -0.4 is 11.1 Å². The highest BCUT2D eigenvalue weighted by Crippen LogP contribution is 2.06. The normalized spacial score (nSPS) is 10.1. The van der Waals surface area contributed by atoms with Gasteiger partial charge in [0.15, 0.2) is 0 Å². The van der Waals surface area contributed by atoms with E-state index in [1.165, 1.54) is 0 Å². The molecule has 0 aliphatic carbocycles. The van der Waals surface area contributed by atoms with Crippen LogP contribution in [0.2, 0.25) is 0 Å². The fourth-order valence-corrected chi connectivity index (χ4v) is 2.19. The minimum Gasteiger partial charge on any atom is -0.370 e. The highest BCUT2D eigenvalue weighted by molar-refractivity contribution is 5.77. The van der Waals surface area contributed by atoms with Gasteiger partial charge in [-0.1, -0.05) is 60.7 Å². The third-order valence-electron chi connectivity index (χ3n) is 3.42. The maximum atomic E-state index is 12.4. The molecule has 3 N–H and O–H groups in total. The zero-order valence-electron chi connectivity index (χ0n) is 12.9. The van der Waals surface area contributed by atoms with Crippen LogP contribution in [-0.2, 0) is 17.9 Å². The number of urea groups is 1. The monoisotopic (exact) mass is 311 g/mol. The first-order chi connectivity index (χ1) is 11.1. The summed E-state index contributed by atoms with van der Waals surface area (Å²) in [5.41, 5.74) is 7.23. The van der Waals surface area contributed by atoms with Gasteiger partial charge in [-0.05, 0) is 11.1 Å². The van der Waals surface area contributed by atoms with Gasteiger partial charge in [0.2, 0.25) is 5.91 Å². The summed E-state index contributed by atoms with van der Waals surface area (Å²) in [7, 11) is 0. The molecule has 23 heavy (non-hydrogen) atoms. The van der Waals surface area contributed by atoms with E-state index in [1.807, 2.05) is 60.7 Å². The minimum absolute atomic E-state index is 0.144. The maximum Gasteiger partial charge on any atom is 0.317 e. The molecule has 0 bridgehead atoms. The van der Waals surface area contributed by atoms with Gasteiger partial charge in [-0.15, -0.1) is 0 Å². The molecule has 0 spiro atoms. The zero-order chi connectivity index (χ0) is 16.5. The molecule has 0 heterocycles. The predicted molar refractivity (Wildman–Crippen MR) is 89.3 cm³/mol. The van der Waals surface area contributed by atoms with Crippen LogP contribution in [0.25, 0.3) is 0 Å². The topological polar surface area (TPSA) is 75.4 Å². The number of nitrogens with two attached hydrogens (primary N) is 1. The number of rotatable bonds is 7. The largest absolute Gasteiger partial charge is 0.370 e. The van der Waals surface area contributed by atoms with E-state index in [2.05, 4.69) is 5.32 Å². The molecular weight excluding hydrogens is 290 g/mol. The molecule has 2 rings (SSSR count). The van der Waals surface area contributed by atoms with Crippen molar-refractivity contribution in [3.8, 4) is 0 Å². The van der Waals surface area contributed by atoms with Crippen LogP contribution >= 0.6 is 0 Å². The first kappa shape index (κ1) is 16.5. The van der Waals surface area contributed by atoms with Crippen LogP contribution in [0, 0.1) is 0 Å². The highest BCUT2D eigenvalue weighted by Gasteiger charge is 2.14. The lowest BCUT2D eigenvalue weighted by molar-refractivity contribution is -0.118. The average molecular weight is 311 g/mol. The van der Waals surface area contributed by atoms with Gasteiger partial charge in [-0.25, -0.2) is 4.79 Å². The Morgan fingerprint density at radius 1 is 0.913 bits per heavy atom. The number of carbonyl (C=O) groups excluding carboxylic acids is 2. The number of primary amides is 1. The van der Waals surface area contributed by atoms with E-state index in [0.717, 1.165) is 11.1 Å². The van der Waals surface area contributed by atoms with E-state index in [9.17, 15) is 9.59 Å². The van der Waals surface area contributed by atoms with Crippen LogP contribution in [0.4, 0.5) is 4.79 Å². The van der Waals surface area contributed by atoms with E-state index < -0.39 is 5.91 Å². The summed E-state index contributed by atoms with van der Waals surface area (Å²) in [6.45, 7) is 1.18. The van der Waals surface area contributed by atoms with Crippen molar-refractivity contribution in [2.45, 2.75) is 19.5 Å². The van der Waals surface area contributed by atoms with Crippen LogP contribution in [0.1, 0.15) is 17.5 Å². The Labute approximate surface area is 136 Å². The molecule has 0 aromatic heterocycles. The van der Waals surface area contributed by atoms with Crippen molar-refractivity contribution >= 4 is 11.9 Å². The van der Waals surface area contributed by atoms with Crippen LogP contribution in [0.3, 0.4) is 0 Å². The van der Waals surface area contributed by atoms with E-state index >= 15 is 0 Å². The predicted octanol–water partition coefficient (Wildman–Crippen LogP) is 2.27. The molecule has 0 saturated heterocycles. The second-order valence-electron chi connectivity index (χ2n) is 5.27. The third kappa shape index (κ3) is 5.82. The van der Waals surface area contributed by atoms with Gasteiger partial charge >= 0.3 is 6.03 Å². The van der Waals surface area contributed by atoms with Crippen LogP contribution in [0.5, 0.6) is 0 Å². The smallest absolute Gasteiger partial charge is 0.317 e. The van der Waals surface area contributed by atoms with Crippen molar-refractivity contribution in [2.75, 3.05) is 6.54 Å². The van der Waals surface area contributed by atoms with Gasteiger partial charge in [0.25, 0.3) is 0 Å². The van der Waals surface area contributed by atoms with Crippen molar-refractivity contribution in [3.05, 3.63) is 71.8 Å². The molecule has 5 heteroatoms. The Morgan fingerprint density at radius 2 is 1.48 bits per heavy atom. The molecule has 0 unspecified atom stereocenters. The molecule has 2 aromatic rings. The molecule has 0 atom stereocenters. The quantitative estimate of drug-likeness (QED) is 0.823. The molecule has 2 aromatic carbocycles. The van der Waals surface area contributed by atoms with E-state index in [1.54, 1.807) is 4.90 Å². The van der Waals surface area contributed by atoms with Gasteiger partial charge in [0.05, 0.1) is 0 Å². The molecule has 3 amide bonds. The summed E-state index contributed by atoms with van der Waals surface area (Å²) in [5.74, 6) is -0.418. The number of hydrogen-bond acceptors (Lipinski definition) is 2. The molecule has 0 aliphatic heterocycles. The fraction of sp³-hybridized carbons (Fsp3) is 0.222. The van der Waals surface area contributed by atoms with E-state index in [4.69, 9.17) is 5.73 Å². The zero-order valence-corrected chi connectivity index (χ0v) is 12.9. The summed E-state index contributed by atoms with van der Waals surface area (Å²) >= 11 is 0. The van der Waals surface area contributed by atoms with Crippen molar-refractivity contribution < 1.29 is 9.59 Å². The lowest BCUT2D eigenvalue weighted by atomic mass is 10.2. The van der Waals surface area contributed by atoms with Gasteiger partial charge in [-0.2, -0.15) is 0 Å². The number of benzene rings is 2. The van der Waals surface area contributed by atoms with E-state index in [0.29, 0.717) is 19.6 Å². The molecule has 0 saturated carbocycles. The van der Waals surface area contributed by atoms with Crippen LogP contribution in [-0.4, -0.2) is 23.4 Å². The second kappa shape index (κ2) is 8.58. The van der Waals surface area contributed by atoms with Crippen molar-refractivity contribution in [2.24, 2.45) is 5.73 Å². The Bertz CT molecular complexity index is 629. The van der Waals surface area contributed by atoms with Crippen molar-refractivity contribution in [3.63, 3.8) is 0 Å². The molecule has 0 radical (unpaired) electrons. The van der Waals surface area contributed by atoms with Gasteiger partial charge in [0.1, 0.15) is 0 Å². The third-order valence-corrected chi connectivity index (χ3v) is 3.42. The molecule has 120 valence electrons. The number of carbonyl (C=O) groups is 2. The van der Waals surface area contributed by atoms with Crippen LogP contribution in [0.15, 0.2) is 60.7 Å². The second-order valence-corrected chi connectivity index (χ2v) is 5.27. The summed E-state index contributed by atoms with van der Waals surface area (Å²) < 4.78 is 0. The Balaban J connectivity index is 1.97. The lowest BCUT2D eigenvalue weighted by Gasteiger charge is -2.23. The first-order valence-corrected chi connectivity index (χ1v) is 7.54. The Kier molecular flexibility index (Phi) is 6.17. The average Bonchev–Trinajstić information content (AvgIpc) is 2.58. The summed E-state index contributed by atoms with van der Waals surface area (Å²) in [5, 5.41) is 2.88. The van der Waals surface area contributed by atoms with Crippen molar-refractivity contribution in [1.29, 1.82) is 0 Å². The number of hydrogen-bond donors (Lipinski definition) is 2. The molecule has 0 aliphatic rings. The SMILES string of the molecule is NC(=O)CCN(Cc1ccccc1)C(=O)NCc1ccccc1. The number of amides is 3. The Morgan fingerprint density at radius 3 is 2.04 bits per heavy atom. The fourth-order valence-electron chi connectivity index (χ4n) is 2.19. The standard InChI is InChI=1S/C18H21N3O2/c19-17(22)11-12-21(14-16-9-5-2-6-10-16)18(23)20-13-15-7-3-1-4-8-15/h1-10H,11-14H2,(H2,19,22)(H,20,23). The first-order valence-electron chi connectivity index (χ1n) is 7.54. The summed E-state index contributed by atoms with van der Waals surface area (Å²) in [6, 6.07) is 19.1. The molecule has 0 fully saturated rings. The summed E-state index contributed by atoms with van der Waals surface area (Å²) in [4.78, 5) is 25.0. The molecular formula is C18H21N3O2. The van der Waals surface area contributed by atoms with Gasteiger partial charge < -0.3 is 16.0 Å². The van der Waals surface area contributed by atoms with Gasteiger partial charge in [0, 0.05) is 26.1 Å². The number of nitrogens with zero attached hydrogens (tertiary/aromatic N) is 1. The van der Waals surface area contributed by atoms with Crippen molar-refractivity contribution in [1.82, 2.24) is 10.2 Å². The number of nitrogens with one attached hydrogen (secondary N) is 1. The highest BCUT2D eigenvalue weighted by atomic mass is 16.2. The molecule has 5 nitrogen and oxygen atoms in total. The van der Waals surface area contributed by atoms with E-state index in [-0.39, 0.29) is 12.5 Å². The van der Waals surface area contributed by atoms with Gasteiger partial charge in [-0.3, -0.25) is 4.79 Å².